The number of nitrogens with one attached hydrogen (secondary N) is 1. The standard InChI is InChI=1S/C30H28FN3O/c1-20-16-23(31)12-13-25(20)27-17-24(35-33-27)18-34-15-14-26-28(19-34)32-30(22-10-6-3-7-11-22)29(26)21-8-4-2-5-9-21/h3,6-7,10-17,19,21H,2,4-5,8-9,18H2,1H3/p+1. The van der Waals surface area contributed by atoms with Crippen LogP contribution in [-0.2, 0) is 6.54 Å². The van der Waals surface area contributed by atoms with Gasteiger partial charge in [-0.05, 0) is 60.6 Å². The Hall–Kier alpha value is -3.73. The zero-order chi connectivity index (χ0) is 23.8. The molecule has 0 amide bonds. The van der Waals surface area contributed by atoms with Gasteiger partial charge in [0.2, 0.25) is 12.3 Å². The molecular weight excluding hydrogens is 437 g/mol. The summed E-state index contributed by atoms with van der Waals surface area (Å²) in [6.45, 7) is 2.45. The molecule has 4 nitrogen and oxygen atoms in total. The number of hydrogen-bond acceptors (Lipinski definition) is 2. The fourth-order valence-electron chi connectivity index (χ4n) is 5.56. The number of nitrogens with zero attached hydrogens (tertiary/aromatic N) is 2. The largest absolute Gasteiger partial charge is 0.354 e. The Kier molecular flexibility index (Phi) is 5.69. The van der Waals surface area contributed by atoms with Crippen LogP contribution in [0.5, 0.6) is 0 Å². The fraction of sp³-hybridized carbons (Fsp3) is 0.267. The SMILES string of the molecule is Cc1cc(F)ccc1-c1cc(C[n+]2ccc3c(C4CCCCC4)c(-c4ccccc4)[nH]c3c2)on1. The molecule has 1 aliphatic rings. The van der Waals surface area contributed by atoms with Crippen LogP contribution in [0.4, 0.5) is 4.39 Å². The van der Waals surface area contributed by atoms with Crippen molar-refractivity contribution in [2.75, 3.05) is 0 Å². The van der Waals surface area contributed by atoms with Gasteiger partial charge in [-0.15, -0.1) is 0 Å². The van der Waals surface area contributed by atoms with Crippen LogP contribution in [0.25, 0.3) is 33.4 Å². The van der Waals surface area contributed by atoms with E-state index in [0.29, 0.717) is 12.5 Å². The van der Waals surface area contributed by atoms with Crippen LogP contribution in [0.15, 0.2) is 77.6 Å². The van der Waals surface area contributed by atoms with Gasteiger partial charge in [0, 0.05) is 23.1 Å². The normalized spacial score (nSPS) is 14.6. The van der Waals surface area contributed by atoms with Gasteiger partial charge in [0.25, 0.3) is 0 Å². The van der Waals surface area contributed by atoms with Crippen LogP contribution in [0.3, 0.4) is 0 Å². The van der Waals surface area contributed by atoms with Gasteiger partial charge in [0.15, 0.2) is 12.4 Å². The lowest BCUT2D eigenvalue weighted by molar-refractivity contribution is -0.688. The molecule has 35 heavy (non-hydrogen) atoms. The lowest BCUT2D eigenvalue weighted by atomic mass is 9.82. The predicted octanol–water partition coefficient (Wildman–Crippen LogP) is 7.32. The maximum atomic E-state index is 13.5. The van der Waals surface area contributed by atoms with Crippen molar-refractivity contribution >= 4 is 10.9 Å². The van der Waals surface area contributed by atoms with E-state index in [2.05, 4.69) is 63.5 Å². The highest BCUT2D eigenvalue weighted by molar-refractivity contribution is 5.90. The molecule has 1 saturated carbocycles. The third-order valence-electron chi connectivity index (χ3n) is 7.27. The lowest BCUT2D eigenvalue weighted by Gasteiger charge is -2.22. The molecule has 2 aromatic carbocycles. The maximum absolute atomic E-state index is 13.5. The number of pyridine rings is 1. The molecule has 1 fully saturated rings. The Morgan fingerprint density at radius 1 is 1.03 bits per heavy atom. The Labute approximate surface area is 204 Å². The van der Waals surface area contributed by atoms with E-state index in [1.807, 2.05) is 13.0 Å². The first kappa shape index (κ1) is 21.8. The van der Waals surface area contributed by atoms with Gasteiger partial charge in [-0.2, -0.15) is 4.57 Å². The van der Waals surface area contributed by atoms with E-state index in [4.69, 9.17) is 4.52 Å². The van der Waals surface area contributed by atoms with Crippen LogP contribution >= 0.6 is 0 Å². The first-order chi connectivity index (χ1) is 17.2. The number of benzene rings is 2. The Balaban J connectivity index is 1.34. The van der Waals surface area contributed by atoms with Gasteiger partial charge < -0.3 is 9.51 Å². The first-order valence-corrected chi connectivity index (χ1v) is 12.5. The number of H-pyrrole nitrogens is 1. The topological polar surface area (TPSA) is 45.7 Å². The van der Waals surface area contributed by atoms with Crippen LogP contribution in [0.2, 0.25) is 0 Å². The van der Waals surface area contributed by atoms with Gasteiger partial charge >= 0.3 is 0 Å². The molecule has 0 spiro atoms. The van der Waals surface area contributed by atoms with Crippen molar-refractivity contribution in [3.8, 4) is 22.5 Å². The average Bonchev–Trinajstić information content (AvgIpc) is 3.49. The predicted molar refractivity (Wildman–Crippen MR) is 135 cm³/mol. The lowest BCUT2D eigenvalue weighted by Crippen LogP contribution is -2.32. The molecule has 1 N–H and O–H groups in total. The summed E-state index contributed by atoms with van der Waals surface area (Å²) in [5, 5.41) is 5.55. The summed E-state index contributed by atoms with van der Waals surface area (Å²) in [7, 11) is 0. The summed E-state index contributed by atoms with van der Waals surface area (Å²) in [6.07, 6.45) is 10.8. The smallest absolute Gasteiger partial charge is 0.208 e. The maximum Gasteiger partial charge on any atom is 0.208 e. The van der Waals surface area contributed by atoms with Crippen LogP contribution < -0.4 is 4.57 Å². The highest BCUT2D eigenvalue weighted by Crippen LogP contribution is 2.41. The van der Waals surface area contributed by atoms with Crippen molar-refractivity contribution in [3.05, 3.63) is 95.8 Å². The Morgan fingerprint density at radius 3 is 2.66 bits per heavy atom. The second kappa shape index (κ2) is 9.14. The molecule has 0 atom stereocenters. The van der Waals surface area contributed by atoms with E-state index in [1.165, 1.54) is 66.4 Å². The second-order valence-electron chi connectivity index (χ2n) is 9.70. The Morgan fingerprint density at radius 2 is 1.86 bits per heavy atom. The van der Waals surface area contributed by atoms with Crippen molar-refractivity contribution in [1.29, 1.82) is 0 Å². The number of aromatic amines is 1. The Bertz CT molecular complexity index is 1480. The molecule has 0 radical (unpaired) electrons. The van der Waals surface area contributed by atoms with E-state index in [-0.39, 0.29) is 5.82 Å². The van der Waals surface area contributed by atoms with E-state index in [1.54, 1.807) is 6.07 Å². The number of hydrogen-bond donors (Lipinski definition) is 1. The van der Waals surface area contributed by atoms with E-state index in [0.717, 1.165) is 28.1 Å². The van der Waals surface area contributed by atoms with E-state index >= 15 is 0 Å². The highest BCUT2D eigenvalue weighted by Gasteiger charge is 2.25. The zero-order valence-electron chi connectivity index (χ0n) is 19.9. The molecule has 5 aromatic rings. The second-order valence-corrected chi connectivity index (χ2v) is 9.70. The third kappa shape index (κ3) is 4.27. The summed E-state index contributed by atoms with van der Waals surface area (Å²) in [5.41, 5.74) is 7.55. The molecule has 3 heterocycles. The van der Waals surface area contributed by atoms with E-state index in [9.17, 15) is 4.39 Å². The summed E-state index contributed by atoms with van der Waals surface area (Å²) in [6, 6.07) is 19.6. The molecule has 5 heteroatoms. The minimum Gasteiger partial charge on any atom is -0.354 e. The van der Waals surface area contributed by atoms with E-state index < -0.39 is 0 Å². The molecule has 0 bridgehead atoms. The van der Waals surface area contributed by atoms with Crippen molar-refractivity contribution in [1.82, 2.24) is 10.1 Å². The van der Waals surface area contributed by atoms with Gasteiger partial charge in [0.1, 0.15) is 17.0 Å². The number of aryl methyl sites for hydroxylation is 1. The van der Waals surface area contributed by atoms with Crippen molar-refractivity contribution in [2.45, 2.75) is 51.5 Å². The third-order valence-corrected chi connectivity index (χ3v) is 7.27. The molecule has 0 aliphatic heterocycles. The number of halogens is 1. The number of rotatable bonds is 5. The minimum absolute atomic E-state index is 0.243. The van der Waals surface area contributed by atoms with Gasteiger partial charge in [-0.1, -0.05) is 54.8 Å². The molecule has 0 saturated heterocycles. The molecule has 0 unspecified atom stereocenters. The molecule has 6 rings (SSSR count). The average molecular weight is 467 g/mol. The van der Waals surface area contributed by atoms with Crippen LogP contribution in [0.1, 0.15) is 54.9 Å². The highest BCUT2D eigenvalue weighted by atomic mass is 19.1. The molecule has 176 valence electrons. The van der Waals surface area contributed by atoms with Gasteiger partial charge in [-0.3, -0.25) is 0 Å². The summed E-state index contributed by atoms with van der Waals surface area (Å²) >= 11 is 0. The van der Waals surface area contributed by atoms with Crippen molar-refractivity contribution in [3.63, 3.8) is 0 Å². The monoisotopic (exact) mass is 466 g/mol. The van der Waals surface area contributed by atoms with Crippen LogP contribution in [-0.4, -0.2) is 10.1 Å². The van der Waals surface area contributed by atoms with Crippen LogP contribution in [0, 0.1) is 12.7 Å². The van der Waals surface area contributed by atoms with Gasteiger partial charge in [-0.25, -0.2) is 4.39 Å². The first-order valence-electron chi connectivity index (χ1n) is 12.5. The summed E-state index contributed by atoms with van der Waals surface area (Å²) < 4.78 is 21.3. The summed E-state index contributed by atoms with van der Waals surface area (Å²) in [5.74, 6) is 1.11. The van der Waals surface area contributed by atoms with Gasteiger partial charge in [0.05, 0.1) is 5.69 Å². The fourth-order valence-corrected chi connectivity index (χ4v) is 5.56. The number of aromatic nitrogens is 3. The number of fused-ring (bicyclic) bond motifs is 1. The molecule has 3 aromatic heterocycles. The van der Waals surface area contributed by atoms with Crippen molar-refractivity contribution < 1.29 is 13.5 Å². The van der Waals surface area contributed by atoms with Crippen molar-refractivity contribution in [2.24, 2.45) is 0 Å². The summed E-state index contributed by atoms with van der Waals surface area (Å²) in [4.78, 5) is 3.75. The molecule has 1 aliphatic carbocycles. The zero-order valence-corrected chi connectivity index (χ0v) is 19.9. The molecular formula is C30H29FN3O+. The quantitative estimate of drug-likeness (QED) is 0.276. The minimum atomic E-state index is -0.243.